The van der Waals surface area contributed by atoms with Crippen LogP contribution in [0.4, 0.5) is 5.69 Å². The molecule has 1 aliphatic rings. The molecule has 5 heteroatoms. The Bertz CT molecular complexity index is 581. The van der Waals surface area contributed by atoms with E-state index in [0.29, 0.717) is 4.90 Å². The molecule has 0 radical (unpaired) electrons. The molecule has 0 aromatic heterocycles. The van der Waals surface area contributed by atoms with Gasteiger partial charge in [-0.1, -0.05) is 12.1 Å². The summed E-state index contributed by atoms with van der Waals surface area (Å²) in [5, 5.41) is -0.532. The average Bonchev–Trinajstić information content (AvgIpc) is 2.29. The molecule has 2 rings (SSSR count). The van der Waals surface area contributed by atoms with Gasteiger partial charge in [-0.05, 0) is 31.9 Å². The van der Waals surface area contributed by atoms with Crippen LogP contribution in [0.15, 0.2) is 17.0 Å². The van der Waals surface area contributed by atoms with Crippen LogP contribution in [0.1, 0.15) is 18.1 Å². The lowest BCUT2D eigenvalue weighted by atomic mass is 10.1. The van der Waals surface area contributed by atoms with Crippen molar-refractivity contribution in [3.63, 3.8) is 0 Å². The van der Waals surface area contributed by atoms with Crippen molar-refractivity contribution in [2.75, 3.05) is 18.5 Å². The van der Waals surface area contributed by atoms with Crippen LogP contribution in [0.5, 0.6) is 0 Å². The molecule has 100 valence electrons. The molecule has 18 heavy (non-hydrogen) atoms. The van der Waals surface area contributed by atoms with Gasteiger partial charge in [0, 0.05) is 19.6 Å². The van der Waals surface area contributed by atoms with E-state index in [4.69, 9.17) is 5.73 Å². The summed E-state index contributed by atoms with van der Waals surface area (Å²) in [5.41, 5.74) is 8.29. The van der Waals surface area contributed by atoms with E-state index in [1.807, 2.05) is 44.9 Å². The highest BCUT2D eigenvalue weighted by molar-refractivity contribution is 7.92. The van der Waals surface area contributed by atoms with E-state index in [9.17, 15) is 8.42 Å². The molecule has 1 aromatic rings. The van der Waals surface area contributed by atoms with Crippen LogP contribution in [0, 0.1) is 13.8 Å². The van der Waals surface area contributed by atoms with Crippen LogP contribution in [0.3, 0.4) is 0 Å². The van der Waals surface area contributed by atoms with Gasteiger partial charge in [0.05, 0.1) is 15.8 Å². The Morgan fingerprint density at radius 3 is 2.39 bits per heavy atom. The van der Waals surface area contributed by atoms with E-state index in [1.54, 1.807) is 0 Å². The van der Waals surface area contributed by atoms with Crippen molar-refractivity contribution in [1.82, 2.24) is 0 Å². The number of hydrogen-bond donors (Lipinski definition) is 1. The fourth-order valence-corrected chi connectivity index (χ4v) is 5.10. The second kappa shape index (κ2) is 4.24. The molecule has 1 aliphatic heterocycles. The Morgan fingerprint density at radius 2 is 1.83 bits per heavy atom. The molecule has 0 bridgehead atoms. The zero-order valence-corrected chi connectivity index (χ0v) is 12.1. The number of benzene rings is 1. The minimum Gasteiger partial charge on any atom is -0.369 e. The molecule has 1 heterocycles. The Kier molecular flexibility index (Phi) is 3.15. The van der Waals surface area contributed by atoms with Crippen LogP contribution in [-0.4, -0.2) is 33.3 Å². The van der Waals surface area contributed by atoms with E-state index in [2.05, 4.69) is 0 Å². The maximum Gasteiger partial charge on any atom is 0.186 e. The number of anilines is 1. The van der Waals surface area contributed by atoms with Gasteiger partial charge < -0.3 is 10.6 Å². The van der Waals surface area contributed by atoms with Crippen molar-refractivity contribution in [1.29, 1.82) is 0 Å². The van der Waals surface area contributed by atoms with Gasteiger partial charge in [-0.2, -0.15) is 0 Å². The third-order valence-corrected chi connectivity index (χ3v) is 6.41. The summed E-state index contributed by atoms with van der Waals surface area (Å²) in [6, 6.07) is 3.73. The molecule has 2 unspecified atom stereocenters. The van der Waals surface area contributed by atoms with E-state index in [0.717, 1.165) is 16.8 Å². The third kappa shape index (κ3) is 1.65. The Hall–Kier alpha value is -1.07. The van der Waals surface area contributed by atoms with Crippen molar-refractivity contribution >= 4 is 15.5 Å². The first-order valence-electron chi connectivity index (χ1n) is 6.09. The highest BCUT2D eigenvalue weighted by atomic mass is 32.2. The van der Waals surface area contributed by atoms with E-state index in [1.165, 1.54) is 0 Å². The molecule has 4 nitrogen and oxygen atoms in total. The number of nitrogens with zero attached hydrogens (tertiary/aromatic N) is 1. The first kappa shape index (κ1) is 13.4. The minimum atomic E-state index is -3.33. The van der Waals surface area contributed by atoms with Crippen molar-refractivity contribution in [3.8, 4) is 0 Å². The highest BCUT2D eigenvalue weighted by Crippen LogP contribution is 2.40. The first-order chi connectivity index (χ1) is 8.32. The Labute approximate surface area is 109 Å². The van der Waals surface area contributed by atoms with Gasteiger partial charge >= 0.3 is 0 Å². The number of sulfone groups is 1. The number of aryl methyl sites for hydroxylation is 2. The highest BCUT2D eigenvalue weighted by Gasteiger charge is 2.42. The SMILES string of the molecule is Cc1ccc(C)c2c1N(C)C(C)C(CN)S2(=O)=O. The standard InChI is InChI=1S/C13H20N2O2S/c1-8-5-6-9(2)13-12(8)15(4)10(3)11(7-14)18(13,16)17/h5-6,10-11H,7,14H2,1-4H3. The van der Waals surface area contributed by atoms with Gasteiger partial charge in [-0.25, -0.2) is 8.42 Å². The van der Waals surface area contributed by atoms with Crippen LogP contribution in [0.2, 0.25) is 0 Å². The second-order valence-corrected chi connectivity index (χ2v) is 7.15. The third-order valence-electron chi connectivity index (χ3n) is 3.95. The summed E-state index contributed by atoms with van der Waals surface area (Å²) in [4.78, 5) is 2.49. The summed E-state index contributed by atoms with van der Waals surface area (Å²) < 4.78 is 25.3. The predicted octanol–water partition coefficient (Wildman–Crippen LogP) is 1.24. The predicted molar refractivity (Wildman–Crippen MR) is 73.8 cm³/mol. The minimum absolute atomic E-state index is 0.104. The Balaban J connectivity index is 2.83. The summed E-state index contributed by atoms with van der Waals surface area (Å²) in [6.45, 7) is 5.85. The van der Waals surface area contributed by atoms with Gasteiger partial charge in [0.2, 0.25) is 0 Å². The fourth-order valence-electron chi connectivity index (χ4n) is 2.76. The largest absolute Gasteiger partial charge is 0.369 e. The molecule has 2 atom stereocenters. The number of rotatable bonds is 1. The summed E-state index contributed by atoms with van der Waals surface area (Å²) in [7, 11) is -1.40. The molecule has 2 N–H and O–H groups in total. The van der Waals surface area contributed by atoms with Crippen molar-refractivity contribution in [3.05, 3.63) is 23.3 Å². The molecule has 0 saturated carbocycles. The Morgan fingerprint density at radius 1 is 1.28 bits per heavy atom. The van der Waals surface area contributed by atoms with Crippen LogP contribution < -0.4 is 10.6 Å². The molecule has 0 saturated heterocycles. The monoisotopic (exact) mass is 268 g/mol. The van der Waals surface area contributed by atoms with Crippen molar-refractivity contribution in [2.45, 2.75) is 37.0 Å². The van der Waals surface area contributed by atoms with Crippen LogP contribution in [-0.2, 0) is 9.84 Å². The number of fused-ring (bicyclic) bond motifs is 1. The van der Waals surface area contributed by atoms with E-state index in [-0.39, 0.29) is 12.6 Å². The van der Waals surface area contributed by atoms with Crippen molar-refractivity contribution < 1.29 is 8.42 Å². The van der Waals surface area contributed by atoms with Gasteiger partial charge in [0.15, 0.2) is 9.84 Å². The average molecular weight is 268 g/mol. The molecule has 0 amide bonds. The summed E-state index contributed by atoms with van der Waals surface area (Å²) in [6.07, 6.45) is 0. The van der Waals surface area contributed by atoms with Crippen LogP contribution >= 0.6 is 0 Å². The number of hydrogen-bond acceptors (Lipinski definition) is 4. The normalized spacial score (nSPS) is 25.9. The second-order valence-electron chi connectivity index (χ2n) is 5.05. The van der Waals surface area contributed by atoms with Crippen molar-refractivity contribution in [2.24, 2.45) is 5.73 Å². The molecular weight excluding hydrogens is 248 g/mol. The summed E-state index contributed by atoms with van der Waals surface area (Å²) >= 11 is 0. The smallest absolute Gasteiger partial charge is 0.186 e. The molecule has 0 fully saturated rings. The lowest BCUT2D eigenvalue weighted by molar-refractivity contribution is 0.537. The van der Waals surface area contributed by atoms with Crippen LogP contribution in [0.25, 0.3) is 0 Å². The van der Waals surface area contributed by atoms with Gasteiger partial charge in [-0.3, -0.25) is 0 Å². The molecule has 0 spiro atoms. The van der Waals surface area contributed by atoms with Gasteiger partial charge in [0.1, 0.15) is 0 Å². The van der Waals surface area contributed by atoms with E-state index < -0.39 is 15.1 Å². The summed E-state index contributed by atoms with van der Waals surface area (Å²) in [5.74, 6) is 0. The maximum absolute atomic E-state index is 12.7. The molecule has 1 aromatic carbocycles. The van der Waals surface area contributed by atoms with Gasteiger partial charge in [-0.15, -0.1) is 0 Å². The molecular formula is C13H20N2O2S. The lowest BCUT2D eigenvalue weighted by Gasteiger charge is -2.40. The molecule has 0 aliphatic carbocycles. The zero-order valence-electron chi connectivity index (χ0n) is 11.3. The van der Waals surface area contributed by atoms with Gasteiger partial charge in [0.25, 0.3) is 0 Å². The van der Waals surface area contributed by atoms with E-state index >= 15 is 0 Å². The maximum atomic E-state index is 12.7. The first-order valence-corrected chi connectivity index (χ1v) is 7.64. The number of nitrogens with two attached hydrogens (primary N) is 1. The lowest BCUT2D eigenvalue weighted by Crippen LogP contribution is -2.51. The fraction of sp³-hybridized carbons (Fsp3) is 0.538. The topological polar surface area (TPSA) is 63.4 Å². The quantitative estimate of drug-likeness (QED) is 0.832. The zero-order chi connectivity index (χ0) is 13.7.